The molecule has 2 aliphatic heterocycles. The maximum absolute atomic E-state index is 10.4. The van der Waals surface area contributed by atoms with Crippen molar-refractivity contribution >= 4 is 0 Å². The molecule has 2 saturated heterocycles. The van der Waals surface area contributed by atoms with Crippen LogP contribution >= 0.6 is 0 Å². The van der Waals surface area contributed by atoms with Gasteiger partial charge in [0.15, 0.2) is 0 Å². The van der Waals surface area contributed by atoms with E-state index in [1.54, 1.807) is 4.90 Å². The molecule has 3 rings (SSSR count). The molecule has 0 spiro atoms. The van der Waals surface area contributed by atoms with Gasteiger partial charge in [0.1, 0.15) is 24.8 Å². The van der Waals surface area contributed by atoms with Gasteiger partial charge in [-0.3, -0.25) is 0 Å². The van der Waals surface area contributed by atoms with E-state index in [0.29, 0.717) is 12.5 Å². The van der Waals surface area contributed by atoms with Gasteiger partial charge in [-0.15, -0.1) is 0 Å². The van der Waals surface area contributed by atoms with E-state index >= 15 is 0 Å². The van der Waals surface area contributed by atoms with Gasteiger partial charge in [0.2, 0.25) is 0 Å². The van der Waals surface area contributed by atoms with E-state index in [1.807, 2.05) is 0 Å². The molecule has 5 heteroatoms. The zero-order valence-electron chi connectivity index (χ0n) is 10.2. The van der Waals surface area contributed by atoms with Crippen LogP contribution in [0.2, 0.25) is 0 Å². The van der Waals surface area contributed by atoms with E-state index in [1.165, 1.54) is 0 Å². The molecular formula is C12H22N2O3. The Labute approximate surface area is 102 Å². The van der Waals surface area contributed by atoms with Crippen molar-refractivity contribution in [2.24, 2.45) is 23.5 Å². The monoisotopic (exact) mass is 242 g/mol. The number of fused-ring (bicyclic) bond motifs is 1. The van der Waals surface area contributed by atoms with Crippen molar-refractivity contribution in [3.05, 3.63) is 0 Å². The summed E-state index contributed by atoms with van der Waals surface area (Å²) in [4.78, 5) is 1.77. The highest BCUT2D eigenvalue weighted by molar-refractivity contribution is 4.97. The Morgan fingerprint density at radius 3 is 2.59 bits per heavy atom. The number of ether oxygens (including phenoxy) is 1. The van der Waals surface area contributed by atoms with Gasteiger partial charge >= 0.3 is 0 Å². The summed E-state index contributed by atoms with van der Waals surface area (Å²) in [6.45, 7) is 2.72. The van der Waals surface area contributed by atoms with Gasteiger partial charge in [0, 0.05) is 18.4 Å². The predicted molar refractivity (Wildman–Crippen MR) is 61.6 cm³/mol. The van der Waals surface area contributed by atoms with Crippen molar-refractivity contribution in [2.45, 2.75) is 51.0 Å². The number of aliphatic hydroxyl groups excluding tert-OH is 2. The normalized spacial score (nSPS) is 54.7. The van der Waals surface area contributed by atoms with Crippen LogP contribution < -0.4 is 5.73 Å². The van der Waals surface area contributed by atoms with Gasteiger partial charge in [0.25, 0.3) is 0 Å². The zero-order chi connectivity index (χ0) is 12.2. The lowest BCUT2D eigenvalue weighted by Crippen LogP contribution is -2.41. The lowest BCUT2D eigenvalue weighted by molar-refractivity contribution is -0.0709. The van der Waals surface area contributed by atoms with E-state index < -0.39 is 12.5 Å². The van der Waals surface area contributed by atoms with Crippen LogP contribution in [0.1, 0.15) is 26.2 Å². The summed E-state index contributed by atoms with van der Waals surface area (Å²) in [5.74, 6) is 0.898. The van der Waals surface area contributed by atoms with Gasteiger partial charge in [-0.25, -0.2) is 4.90 Å². The van der Waals surface area contributed by atoms with Crippen LogP contribution in [0.5, 0.6) is 0 Å². The molecule has 1 saturated carbocycles. The molecule has 7 unspecified atom stereocenters. The Balaban J connectivity index is 1.72. The number of aliphatic hydroxyl groups is 2. The molecule has 0 aromatic rings. The van der Waals surface area contributed by atoms with Gasteiger partial charge < -0.3 is 20.7 Å². The van der Waals surface area contributed by atoms with E-state index in [0.717, 1.165) is 19.3 Å². The molecule has 0 aromatic carbocycles. The molecule has 5 nitrogen and oxygen atoms in total. The Hall–Kier alpha value is -0.200. The van der Waals surface area contributed by atoms with Crippen molar-refractivity contribution in [3.8, 4) is 0 Å². The van der Waals surface area contributed by atoms with Crippen LogP contribution in [0.25, 0.3) is 0 Å². The number of rotatable bonds is 2. The summed E-state index contributed by atoms with van der Waals surface area (Å²) in [6, 6.07) is 0. The van der Waals surface area contributed by atoms with Crippen LogP contribution in [0, 0.1) is 17.8 Å². The van der Waals surface area contributed by atoms with Gasteiger partial charge in [0.05, 0.1) is 0 Å². The first-order valence-electron chi connectivity index (χ1n) is 6.62. The highest BCUT2D eigenvalue weighted by atomic mass is 16.6. The summed E-state index contributed by atoms with van der Waals surface area (Å²) in [5.41, 5.74) is 5.60. The quantitative estimate of drug-likeness (QED) is 0.578. The third-order valence-corrected chi connectivity index (χ3v) is 4.77. The average molecular weight is 242 g/mol. The van der Waals surface area contributed by atoms with E-state index in [9.17, 15) is 10.2 Å². The Morgan fingerprint density at radius 2 is 2.00 bits per heavy atom. The Bertz CT molecular complexity index is 301. The number of nitrogens with zero attached hydrogens (tertiary/aromatic N) is 1. The fraction of sp³-hybridized carbons (Fsp3) is 1.00. The third-order valence-electron chi connectivity index (χ3n) is 4.77. The second-order valence-electron chi connectivity index (χ2n) is 5.81. The molecule has 0 radical (unpaired) electrons. The van der Waals surface area contributed by atoms with Crippen LogP contribution in [0.3, 0.4) is 0 Å². The van der Waals surface area contributed by atoms with Crippen LogP contribution in [-0.4, -0.2) is 46.4 Å². The summed E-state index contributed by atoms with van der Waals surface area (Å²) < 4.78 is 5.17. The van der Waals surface area contributed by atoms with Gasteiger partial charge in [-0.05, 0) is 12.3 Å². The SMILES string of the molecule is CC1CCCC2C1C(O)N(CC1OC1N)C2O. The first-order valence-corrected chi connectivity index (χ1v) is 6.62. The molecule has 4 N–H and O–H groups in total. The molecule has 17 heavy (non-hydrogen) atoms. The Kier molecular flexibility index (Phi) is 2.91. The lowest BCUT2D eigenvalue weighted by atomic mass is 9.73. The molecule has 1 aliphatic carbocycles. The molecule has 0 amide bonds. The standard InChI is InChI=1S/C12H22N2O3/c1-6-3-2-4-7-9(6)12(16)14(11(7)15)5-8-10(13)17-8/h6-12,15-16H,2-5,13H2,1H3. The first-order chi connectivity index (χ1) is 8.09. The molecule has 0 aromatic heterocycles. The molecular weight excluding hydrogens is 220 g/mol. The fourth-order valence-corrected chi connectivity index (χ4v) is 3.70. The van der Waals surface area contributed by atoms with Crippen molar-refractivity contribution in [1.82, 2.24) is 4.90 Å². The van der Waals surface area contributed by atoms with Crippen molar-refractivity contribution < 1.29 is 14.9 Å². The first kappa shape index (κ1) is 11.9. The van der Waals surface area contributed by atoms with E-state index in [-0.39, 0.29) is 24.2 Å². The smallest absolute Gasteiger partial charge is 0.134 e. The number of hydrogen-bond donors (Lipinski definition) is 3. The number of likely N-dealkylation sites (tertiary alicyclic amines) is 1. The molecule has 7 atom stereocenters. The minimum atomic E-state index is -0.540. The Morgan fingerprint density at radius 1 is 1.29 bits per heavy atom. The average Bonchev–Trinajstić information content (AvgIpc) is 2.93. The number of epoxide rings is 1. The molecule has 2 heterocycles. The minimum absolute atomic E-state index is 0.0187. The largest absolute Gasteiger partial charge is 0.378 e. The van der Waals surface area contributed by atoms with Crippen molar-refractivity contribution in [2.75, 3.05) is 6.54 Å². The fourth-order valence-electron chi connectivity index (χ4n) is 3.70. The molecule has 98 valence electrons. The molecule has 3 fully saturated rings. The van der Waals surface area contributed by atoms with E-state index in [2.05, 4.69) is 6.92 Å². The second kappa shape index (κ2) is 4.17. The second-order valence-corrected chi connectivity index (χ2v) is 5.81. The topological polar surface area (TPSA) is 82.2 Å². The van der Waals surface area contributed by atoms with Crippen molar-refractivity contribution in [1.29, 1.82) is 0 Å². The summed E-state index contributed by atoms with van der Waals surface area (Å²) >= 11 is 0. The summed E-state index contributed by atoms with van der Waals surface area (Å²) in [6.07, 6.45) is 2.01. The maximum Gasteiger partial charge on any atom is 0.134 e. The van der Waals surface area contributed by atoms with Crippen molar-refractivity contribution in [3.63, 3.8) is 0 Å². The highest BCUT2D eigenvalue weighted by Gasteiger charge is 2.52. The highest BCUT2D eigenvalue weighted by Crippen LogP contribution is 2.46. The summed E-state index contributed by atoms with van der Waals surface area (Å²) in [5, 5.41) is 20.7. The number of nitrogens with two attached hydrogens (primary N) is 1. The van der Waals surface area contributed by atoms with Gasteiger partial charge in [-0.2, -0.15) is 0 Å². The minimum Gasteiger partial charge on any atom is -0.378 e. The number of hydrogen-bond acceptors (Lipinski definition) is 5. The molecule has 0 bridgehead atoms. The van der Waals surface area contributed by atoms with Gasteiger partial charge in [-0.1, -0.05) is 19.8 Å². The molecule has 3 aliphatic rings. The van der Waals surface area contributed by atoms with Crippen LogP contribution in [-0.2, 0) is 4.74 Å². The van der Waals surface area contributed by atoms with Crippen LogP contribution in [0.4, 0.5) is 0 Å². The lowest BCUT2D eigenvalue weighted by Gasteiger charge is -2.32. The maximum atomic E-state index is 10.4. The zero-order valence-corrected chi connectivity index (χ0v) is 10.2. The predicted octanol–water partition coefficient (Wildman–Crippen LogP) is -0.325. The van der Waals surface area contributed by atoms with Crippen LogP contribution in [0.15, 0.2) is 0 Å². The summed E-state index contributed by atoms with van der Waals surface area (Å²) in [7, 11) is 0. The van der Waals surface area contributed by atoms with E-state index in [4.69, 9.17) is 10.5 Å². The third kappa shape index (κ3) is 1.90.